The van der Waals surface area contributed by atoms with Crippen LogP contribution in [0.4, 0.5) is 5.69 Å². The van der Waals surface area contributed by atoms with Crippen LogP contribution >= 0.6 is 0 Å². The van der Waals surface area contributed by atoms with Crippen molar-refractivity contribution in [2.75, 3.05) is 0 Å². The van der Waals surface area contributed by atoms with E-state index in [1.54, 1.807) is 24.4 Å². The Labute approximate surface area is 160 Å². The van der Waals surface area contributed by atoms with Gasteiger partial charge in [-0.3, -0.25) is 19.9 Å². The van der Waals surface area contributed by atoms with Gasteiger partial charge in [0.15, 0.2) is 0 Å². The van der Waals surface area contributed by atoms with Gasteiger partial charge in [-0.15, -0.1) is 0 Å². The number of rotatable bonds is 5. The Morgan fingerprint density at radius 3 is 2.64 bits per heavy atom. The summed E-state index contributed by atoms with van der Waals surface area (Å²) in [4.78, 5) is 26.3. The molecule has 0 radical (unpaired) electrons. The number of sulfonamides is 1. The number of benzene rings is 2. The van der Waals surface area contributed by atoms with E-state index in [1.165, 1.54) is 13.0 Å². The van der Waals surface area contributed by atoms with E-state index >= 15 is 0 Å². The SMILES string of the molecule is Cc1cc([N+](=O)[O-])ccc1S(=O)(=O)NC(=O)/C=C/c1cccc2cccnc12. The summed E-state index contributed by atoms with van der Waals surface area (Å²) < 4.78 is 26.8. The lowest BCUT2D eigenvalue weighted by molar-refractivity contribution is -0.385. The van der Waals surface area contributed by atoms with Crippen molar-refractivity contribution in [3.63, 3.8) is 0 Å². The molecule has 0 spiro atoms. The monoisotopic (exact) mass is 397 g/mol. The van der Waals surface area contributed by atoms with Crippen molar-refractivity contribution < 1.29 is 18.1 Å². The van der Waals surface area contributed by atoms with Crippen molar-refractivity contribution in [1.82, 2.24) is 9.71 Å². The van der Waals surface area contributed by atoms with Crippen LogP contribution in [0.2, 0.25) is 0 Å². The second kappa shape index (κ2) is 7.57. The van der Waals surface area contributed by atoms with Crippen LogP contribution in [0.25, 0.3) is 17.0 Å². The van der Waals surface area contributed by atoms with Gasteiger partial charge in [0.1, 0.15) is 0 Å². The molecule has 0 saturated carbocycles. The van der Waals surface area contributed by atoms with Gasteiger partial charge >= 0.3 is 0 Å². The van der Waals surface area contributed by atoms with Crippen LogP contribution < -0.4 is 4.72 Å². The van der Waals surface area contributed by atoms with Gasteiger partial charge in [-0.2, -0.15) is 0 Å². The maximum atomic E-state index is 12.4. The molecule has 1 heterocycles. The lowest BCUT2D eigenvalue weighted by Crippen LogP contribution is -2.29. The fourth-order valence-electron chi connectivity index (χ4n) is 2.70. The van der Waals surface area contributed by atoms with E-state index < -0.39 is 20.9 Å². The molecule has 1 amide bonds. The molecule has 0 unspecified atom stereocenters. The number of carbonyl (C=O) groups excluding carboxylic acids is 1. The zero-order valence-corrected chi connectivity index (χ0v) is 15.5. The average molecular weight is 397 g/mol. The quantitative estimate of drug-likeness (QED) is 0.402. The molecule has 1 N–H and O–H groups in total. The Bertz CT molecular complexity index is 1210. The van der Waals surface area contributed by atoms with Crippen molar-refractivity contribution in [1.29, 1.82) is 0 Å². The molecule has 0 fully saturated rings. The van der Waals surface area contributed by atoms with E-state index in [2.05, 4.69) is 4.98 Å². The number of carbonyl (C=O) groups is 1. The molecule has 8 nitrogen and oxygen atoms in total. The van der Waals surface area contributed by atoms with E-state index in [-0.39, 0.29) is 16.1 Å². The van der Waals surface area contributed by atoms with Gasteiger partial charge < -0.3 is 0 Å². The standard InChI is InChI=1S/C19H15N3O5S/c1-13-12-16(22(24)25)8-9-17(13)28(26,27)21-18(23)10-7-15-5-2-4-14-6-3-11-20-19(14)15/h2-12H,1H3,(H,21,23)/b10-7+. The van der Waals surface area contributed by atoms with Crippen molar-refractivity contribution in [3.05, 3.63) is 82.0 Å². The number of aryl methyl sites for hydroxylation is 1. The highest BCUT2D eigenvalue weighted by Gasteiger charge is 2.20. The van der Waals surface area contributed by atoms with Crippen molar-refractivity contribution >= 4 is 38.6 Å². The Balaban J connectivity index is 1.82. The van der Waals surface area contributed by atoms with Gasteiger partial charge in [0.2, 0.25) is 0 Å². The minimum absolute atomic E-state index is 0.164. The minimum Gasteiger partial charge on any atom is -0.269 e. The number of non-ortho nitro benzene ring substituents is 1. The van der Waals surface area contributed by atoms with Gasteiger partial charge in [-0.05, 0) is 30.7 Å². The largest absolute Gasteiger partial charge is 0.269 e. The van der Waals surface area contributed by atoms with Crippen LogP contribution in [0.1, 0.15) is 11.1 Å². The number of nitro benzene ring substituents is 1. The number of hydrogen-bond acceptors (Lipinski definition) is 6. The van der Waals surface area contributed by atoms with Gasteiger partial charge in [0, 0.05) is 35.4 Å². The summed E-state index contributed by atoms with van der Waals surface area (Å²) in [5, 5.41) is 11.7. The molecule has 9 heteroatoms. The van der Waals surface area contributed by atoms with E-state index in [1.807, 2.05) is 16.9 Å². The second-order valence-corrected chi connectivity index (χ2v) is 7.58. The van der Waals surface area contributed by atoms with Crippen LogP contribution in [0.15, 0.2) is 65.7 Å². The maximum absolute atomic E-state index is 12.4. The smallest absolute Gasteiger partial charge is 0.269 e. The normalized spacial score (nSPS) is 11.6. The number of fused-ring (bicyclic) bond motifs is 1. The summed E-state index contributed by atoms with van der Waals surface area (Å²) in [6.45, 7) is 1.42. The van der Waals surface area contributed by atoms with Gasteiger partial charge in [-0.25, -0.2) is 13.1 Å². The molecule has 0 saturated heterocycles. The van der Waals surface area contributed by atoms with Crippen LogP contribution in [0.3, 0.4) is 0 Å². The molecule has 1 aromatic heterocycles. The highest BCUT2D eigenvalue weighted by atomic mass is 32.2. The molecule has 3 aromatic rings. The van der Waals surface area contributed by atoms with E-state index in [9.17, 15) is 23.3 Å². The molecule has 0 bridgehead atoms. The molecule has 142 valence electrons. The molecule has 0 aliphatic heterocycles. The number of nitro groups is 1. The Hall–Kier alpha value is -3.59. The van der Waals surface area contributed by atoms with Crippen LogP contribution in [-0.2, 0) is 14.8 Å². The first-order chi connectivity index (χ1) is 13.3. The summed E-state index contributed by atoms with van der Waals surface area (Å²) in [5.41, 5.74) is 1.28. The number of hydrogen-bond donors (Lipinski definition) is 1. The molecule has 0 aliphatic rings. The Morgan fingerprint density at radius 1 is 1.18 bits per heavy atom. The molecule has 0 atom stereocenters. The highest BCUT2D eigenvalue weighted by Crippen LogP contribution is 2.21. The molecule has 2 aromatic carbocycles. The van der Waals surface area contributed by atoms with Crippen LogP contribution in [0, 0.1) is 17.0 Å². The van der Waals surface area contributed by atoms with Gasteiger partial charge in [-0.1, -0.05) is 24.3 Å². The second-order valence-electron chi connectivity index (χ2n) is 5.93. The predicted molar refractivity (Wildman–Crippen MR) is 104 cm³/mol. The Morgan fingerprint density at radius 2 is 1.93 bits per heavy atom. The van der Waals surface area contributed by atoms with E-state index in [0.29, 0.717) is 11.1 Å². The first-order valence-corrected chi connectivity index (χ1v) is 9.60. The number of nitrogens with zero attached hydrogens (tertiary/aromatic N) is 2. The average Bonchev–Trinajstić information content (AvgIpc) is 2.65. The molecule has 3 rings (SSSR count). The third-order valence-corrected chi connectivity index (χ3v) is 5.48. The van der Waals surface area contributed by atoms with Crippen LogP contribution in [-0.4, -0.2) is 24.2 Å². The van der Waals surface area contributed by atoms with Gasteiger partial charge in [0.05, 0.1) is 15.3 Å². The Kier molecular flexibility index (Phi) is 5.18. The van der Waals surface area contributed by atoms with Crippen molar-refractivity contribution in [2.45, 2.75) is 11.8 Å². The summed E-state index contributed by atoms with van der Waals surface area (Å²) >= 11 is 0. The first kappa shape index (κ1) is 19.2. The molecular weight excluding hydrogens is 382 g/mol. The number of pyridine rings is 1. The third kappa shape index (κ3) is 4.04. The molecule has 28 heavy (non-hydrogen) atoms. The van der Waals surface area contributed by atoms with Crippen molar-refractivity contribution in [2.24, 2.45) is 0 Å². The topological polar surface area (TPSA) is 119 Å². The summed E-state index contributed by atoms with van der Waals surface area (Å²) in [5.74, 6) is -0.842. The lowest BCUT2D eigenvalue weighted by Gasteiger charge is -2.07. The molecule has 0 aliphatic carbocycles. The van der Waals surface area contributed by atoms with E-state index in [0.717, 1.165) is 29.7 Å². The first-order valence-electron chi connectivity index (χ1n) is 8.11. The predicted octanol–water partition coefficient (Wildman–Crippen LogP) is 2.97. The molecular formula is C19H15N3O5S. The fraction of sp³-hybridized carbons (Fsp3) is 0.0526. The van der Waals surface area contributed by atoms with Gasteiger partial charge in [0.25, 0.3) is 21.6 Å². The lowest BCUT2D eigenvalue weighted by atomic mass is 10.1. The zero-order chi connectivity index (χ0) is 20.3. The summed E-state index contributed by atoms with van der Waals surface area (Å²) in [6, 6.07) is 12.4. The number of aromatic nitrogens is 1. The third-order valence-electron chi connectivity index (χ3n) is 3.97. The van der Waals surface area contributed by atoms with Crippen LogP contribution in [0.5, 0.6) is 0 Å². The summed E-state index contributed by atoms with van der Waals surface area (Å²) in [6.07, 6.45) is 4.20. The maximum Gasteiger partial charge on any atom is 0.269 e. The zero-order valence-electron chi connectivity index (χ0n) is 14.7. The number of para-hydroxylation sites is 1. The minimum atomic E-state index is -4.17. The van der Waals surface area contributed by atoms with Crippen molar-refractivity contribution in [3.8, 4) is 0 Å². The van der Waals surface area contributed by atoms with E-state index in [4.69, 9.17) is 0 Å². The summed E-state index contributed by atoms with van der Waals surface area (Å²) in [7, 11) is -4.17. The highest BCUT2D eigenvalue weighted by molar-refractivity contribution is 7.90. The fourth-order valence-corrected chi connectivity index (χ4v) is 3.87. The number of nitrogens with one attached hydrogen (secondary N) is 1. The number of amides is 1.